The Hall–Kier alpha value is -0.560. The molecule has 0 radical (unpaired) electrons. The minimum Gasteiger partial charge on any atom is -0.325 e. The second-order valence-electron chi connectivity index (χ2n) is 8.81. The van der Waals surface area contributed by atoms with Crippen molar-refractivity contribution in [3.63, 3.8) is 0 Å². The lowest BCUT2D eigenvalue weighted by Crippen LogP contribution is -2.38. The van der Waals surface area contributed by atoms with Crippen molar-refractivity contribution in [2.45, 2.75) is 79.2 Å². The van der Waals surface area contributed by atoms with E-state index in [2.05, 4.69) is 59.8 Å². The summed E-state index contributed by atoms with van der Waals surface area (Å²) in [5.74, 6) is 2.76. The van der Waals surface area contributed by atoms with Crippen molar-refractivity contribution in [2.24, 2.45) is 34.8 Å². The van der Waals surface area contributed by atoms with Crippen LogP contribution in [-0.4, -0.2) is 5.54 Å². The van der Waals surface area contributed by atoms with E-state index in [1.54, 1.807) is 5.57 Å². The van der Waals surface area contributed by atoms with Crippen LogP contribution in [0.15, 0.2) is 23.8 Å². The maximum absolute atomic E-state index is 6.23. The van der Waals surface area contributed by atoms with Crippen molar-refractivity contribution in [3.05, 3.63) is 23.8 Å². The molecule has 0 spiro atoms. The summed E-state index contributed by atoms with van der Waals surface area (Å²) in [6, 6.07) is 0. The Balaban J connectivity index is 2.11. The van der Waals surface area contributed by atoms with Crippen LogP contribution in [0.5, 0.6) is 0 Å². The Labute approximate surface area is 138 Å². The molecule has 0 aromatic heterocycles. The quantitative estimate of drug-likeness (QED) is 0.661. The first-order chi connectivity index (χ1) is 10.2. The van der Waals surface area contributed by atoms with Crippen molar-refractivity contribution in [2.75, 3.05) is 0 Å². The van der Waals surface area contributed by atoms with Crippen LogP contribution in [-0.2, 0) is 0 Å². The van der Waals surface area contributed by atoms with Crippen molar-refractivity contribution in [1.82, 2.24) is 0 Å². The fraction of sp³-hybridized carbons (Fsp3) is 0.810. The van der Waals surface area contributed by atoms with Gasteiger partial charge in [0.2, 0.25) is 0 Å². The average Bonchev–Trinajstić information content (AvgIpc) is 2.80. The zero-order valence-corrected chi connectivity index (χ0v) is 15.7. The van der Waals surface area contributed by atoms with Gasteiger partial charge < -0.3 is 5.73 Å². The van der Waals surface area contributed by atoms with Gasteiger partial charge in [-0.1, -0.05) is 44.6 Å². The zero-order valence-electron chi connectivity index (χ0n) is 15.7. The van der Waals surface area contributed by atoms with Gasteiger partial charge in [0.1, 0.15) is 0 Å². The molecule has 0 bridgehead atoms. The van der Waals surface area contributed by atoms with E-state index in [0.29, 0.717) is 17.3 Å². The number of allylic oxidation sites excluding steroid dienone is 3. The number of nitrogens with two attached hydrogens (primary N) is 1. The van der Waals surface area contributed by atoms with Gasteiger partial charge in [-0.05, 0) is 82.0 Å². The molecule has 5 atom stereocenters. The molecule has 2 aliphatic rings. The number of fused-ring (bicyclic) bond motifs is 1. The zero-order chi connectivity index (χ0) is 16.5. The maximum atomic E-state index is 6.23. The van der Waals surface area contributed by atoms with Crippen molar-refractivity contribution >= 4 is 0 Å². The van der Waals surface area contributed by atoms with E-state index < -0.39 is 0 Å². The standard InChI is InChI=1S/C21H37N/c1-7-17-9-8-14-21(6)18(12-13-19(17)21)15(2)10-11-16(3)20(4,5)22/h7,10-11,15-16,18-19H,8-9,12-14,22H2,1-6H3/b11-10+,17-7+/t15-,16+,18-,19?,21-/m1/s1. The molecule has 2 fully saturated rings. The molecule has 0 saturated heterocycles. The Morgan fingerprint density at radius 1 is 1.23 bits per heavy atom. The molecule has 126 valence electrons. The van der Waals surface area contributed by atoms with E-state index in [4.69, 9.17) is 5.73 Å². The maximum Gasteiger partial charge on any atom is 0.0157 e. The monoisotopic (exact) mass is 303 g/mol. The van der Waals surface area contributed by atoms with Gasteiger partial charge in [0.15, 0.2) is 0 Å². The van der Waals surface area contributed by atoms with Crippen LogP contribution in [0.25, 0.3) is 0 Å². The lowest BCUT2D eigenvalue weighted by Gasteiger charge is -2.44. The highest BCUT2D eigenvalue weighted by Gasteiger charge is 2.50. The van der Waals surface area contributed by atoms with Gasteiger partial charge in [0.05, 0.1) is 0 Å². The molecule has 2 N–H and O–H groups in total. The van der Waals surface area contributed by atoms with Crippen LogP contribution in [0.1, 0.15) is 73.6 Å². The molecule has 1 heteroatoms. The second kappa shape index (κ2) is 6.51. The van der Waals surface area contributed by atoms with Crippen LogP contribution >= 0.6 is 0 Å². The van der Waals surface area contributed by atoms with Crippen LogP contribution in [0.2, 0.25) is 0 Å². The van der Waals surface area contributed by atoms with Crippen molar-refractivity contribution in [1.29, 1.82) is 0 Å². The summed E-state index contributed by atoms with van der Waals surface area (Å²) in [5.41, 5.74) is 8.36. The highest BCUT2D eigenvalue weighted by Crippen LogP contribution is 2.59. The molecule has 0 amide bonds. The van der Waals surface area contributed by atoms with Gasteiger partial charge in [-0.15, -0.1) is 0 Å². The molecular weight excluding hydrogens is 266 g/mol. The van der Waals surface area contributed by atoms with Crippen molar-refractivity contribution < 1.29 is 0 Å². The molecule has 1 unspecified atom stereocenters. The van der Waals surface area contributed by atoms with Gasteiger partial charge in [0.25, 0.3) is 0 Å². The predicted octanol–water partition coefficient (Wildman–Crippen LogP) is 5.71. The Kier molecular flexibility index (Phi) is 5.27. The first-order valence-corrected chi connectivity index (χ1v) is 9.32. The summed E-state index contributed by atoms with van der Waals surface area (Å²) in [6.45, 7) is 13.7. The van der Waals surface area contributed by atoms with Crippen LogP contribution in [0, 0.1) is 29.1 Å². The Morgan fingerprint density at radius 3 is 2.50 bits per heavy atom. The van der Waals surface area contributed by atoms with Gasteiger partial charge in [0, 0.05) is 5.54 Å². The van der Waals surface area contributed by atoms with Crippen molar-refractivity contribution in [3.8, 4) is 0 Å². The van der Waals surface area contributed by atoms with Gasteiger partial charge in [-0.2, -0.15) is 0 Å². The summed E-state index contributed by atoms with van der Waals surface area (Å²) in [6.07, 6.45) is 14.2. The molecule has 22 heavy (non-hydrogen) atoms. The SMILES string of the molecule is C/C=C1\CCC[C@@]2(C)C1CC[C@@H]2[C@H](C)/C=C/[C@H](C)C(C)(C)N. The third-order valence-corrected chi connectivity index (χ3v) is 6.92. The average molecular weight is 304 g/mol. The first kappa shape index (κ1) is 17.8. The fourth-order valence-electron chi connectivity index (χ4n) is 5.01. The van der Waals surface area contributed by atoms with Crippen LogP contribution < -0.4 is 5.73 Å². The lowest BCUT2D eigenvalue weighted by molar-refractivity contribution is 0.112. The smallest absolute Gasteiger partial charge is 0.0157 e. The minimum absolute atomic E-state index is 0.124. The normalized spacial score (nSPS) is 37.5. The minimum atomic E-state index is -0.124. The lowest BCUT2D eigenvalue weighted by atomic mass is 9.61. The summed E-state index contributed by atoms with van der Waals surface area (Å²) in [5, 5.41) is 0. The molecule has 0 aliphatic heterocycles. The summed E-state index contributed by atoms with van der Waals surface area (Å²) in [7, 11) is 0. The van der Waals surface area contributed by atoms with Gasteiger partial charge in [-0.3, -0.25) is 0 Å². The van der Waals surface area contributed by atoms with Gasteiger partial charge in [-0.25, -0.2) is 0 Å². The molecular formula is C21H37N. The van der Waals surface area contributed by atoms with Crippen LogP contribution in [0.3, 0.4) is 0 Å². The third-order valence-electron chi connectivity index (χ3n) is 6.92. The molecule has 0 aromatic rings. The fourth-order valence-corrected chi connectivity index (χ4v) is 5.01. The van der Waals surface area contributed by atoms with E-state index in [0.717, 1.165) is 11.8 Å². The highest BCUT2D eigenvalue weighted by molar-refractivity contribution is 5.18. The highest BCUT2D eigenvalue weighted by atomic mass is 14.7. The number of hydrogen-bond acceptors (Lipinski definition) is 1. The van der Waals surface area contributed by atoms with E-state index in [9.17, 15) is 0 Å². The predicted molar refractivity (Wildman–Crippen MR) is 97.7 cm³/mol. The third kappa shape index (κ3) is 3.35. The number of rotatable bonds is 4. The Morgan fingerprint density at radius 2 is 1.91 bits per heavy atom. The van der Waals surface area contributed by atoms with E-state index in [-0.39, 0.29) is 5.54 Å². The number of hydrogen-bond donors (Lipinski definition) is 1. The molecule has 1 nitrogen and oxygen atoms in total. The molecule has 2 rings (SSSR count). The van der Waals surface area contributed by atoms with Crippen LogP contribution in [0.4, 0.5) is 0 Å². The summed E-state index contributed by atoms with van der Waals surface area (Å²) >= 11 is 0. The second-order valence-corrected chi connectivity index (χ2v) is 8.81. The van der Waals surface area contributed by atoms with E-state index >= 15 is 0 Å². The van der Waals surface area contributed by atoms with E-state index in [1.165, 1.54) is 32.1 Å². The van der Waals surface area contributed by atoms with E-state index in [1.807, 2.05) is 0 Å². The Bertz CT molecular complexity index is 439. The topological polar surface area (TPSA) is 26.0 Å². The van der Waals surface area contributed by atoms with Gasteiger partial charge >= 0.3 is 0 Å². The molecule has 0 aromatic carbocycles. The first-order valence-electron chi connectivity index (χ1n) is 9.32. The molecule has 2 saturated carbocycles. The molecule has 2 aliphatic carbocycles. The molecule has 0 heterocycles. The summed E-state index contributed by atoms with van der Waals surface area (Å²) in [4.78, 5) is 0. The summed E-state index contributed by atoms with van der Waals surface area (Å²) < 4.78 is 0. The largest absolute Gasteiger partial charge is 0.325 e.